The lowest BCUT2D eigenvalue weighted by molar-refractivity contribution is -0.176. The summed E-state index contributed by atoms with van der Waals surface area (Å²) in [6.07, 6.45) is 3.68. The van der Waals surface area contributed by atoms with Crippen molar-refractivity contribution in [3.63, 3.8) is 0 Å². The van der Waals surface area contributed by atoms with Crippen molar-refractivity contribution in [2.24, 2.45) is 0 Å². The summed E-state index contributed by atoms with van der Waals surface area (Å²) in [7, 11) is 0. The predicted molar refractivity (Wildman–Crippen MR) is 166 cm³/mol. The zero-order valence-corrected chi connectivity index (χ0v) is 25.2. The van der Waals surface area contributed by atoms with Gasteiger partial charge in [0, 0.05) is 24.5 Å². The van der Waals surface area contributed by atoms with Crippen LogP contribution in [0.4, 0.5) is 0 Å². The molecule has 0 aliphatic carbocycles. The van der Waals surface area contributed by atoms with Crippen LogP contribution >= 0.6 is 0 Å². The molecule has 6 nitrogen and oxygen atoms in total. The summed E-state index contributed by atoms with van der Waals surface area (Å²) in [5.41, 5.74) is 3.94. The number of benzene rings is 3. The SMILES string of the molecule is CC(C)(C)OC(O)C[C@H](C(=O)N1[C@@H](Cc2ccccc2)COC1(C)C)c1ccn(-c2ccc(-c3ccccc3)cc2)c1. The third-order valence-corrected chi connectivity index (χ3v) is 7.74. The summed E-state index contributed by atoms with van der Waals surface area (Å²) in [6.45, 7) is 10.0. The molecule has 1 amide bonds. The van der Waals surface area contributed by atoms with Crippen LogP contribution in [0.3, 0.4) is 0 Å². The van der Waals surface area contributed by atoms with E-state index in [0.717, 1.165) is 27.9 Å². The van der Waals surface area contributed by atoms with Crippen LogP contribution in [0.1, 0.15) is 58.1 Å². The standard InChI is InChI=1S/C36H42N2O4/c1-35(2,3)42-33(39)23-32(34(40)38-31(25-41-36(38,4)5)22-26-12-8-6-9-13-26)29-20-21-37(24-29)30-18-16-28(17-19-30)27-14-10-7-11-15-27/h6-21,24,31-33,39H,22-23,25H2,1-5H3/t31-,32-,33?/m0/s1. The molecule has 1 fully saturated rings. The molecule has 4 aromatic rings. The number of ether oxygens (including phenoxy) is 2. The van der Waals surface area contributed by atoms with E-state index in [2.05, 4.69) is 48.5 Å². The Morgan fingerprint density at radius 1 is 0.952 bits per heavy atom. The summed E-state index contributed by atoms with van der Waals surface area (Å²) in [5, 5.41) is 11.0. The molecule has 0 radical (unpaired) electrons. The van der Waals surface area contributed by atoms with Gasteiger partial charge in [-0.2, -0.15) is 0 Å². The Kier molecular flexibility index (Phi) is 8.69. The smallest absolute Gasteiger partial charge is 0.232 e. The summed E-state index contributed by atoms with van der Waals surface area (Å²) in [4.78, 5) is 16.4. The van der Waals surface area contributed by atoms with Crippen molar-refractivity contribution in [1.82, 2.24) is 9.47 Å². The summed E-state index contributed by atoms with van der Waals surface area (Å²) >= 11 is 0. The maximum absolute atomic E-state index is 14.5. The van der Waals surface area contributed by atoms with Crippen LogP contribution in [0, 0.1) is 0 Å². The molecule has 1 unspecified atom stereocenters. The lowest BCUT2D eigenvalue weighted by Gasteiger charge is -2.37. The van der Waals surface area contributed by atoms with E-state index in [1.807, 2.05) is 98.9 Å². The normalized spacial score (nSPS) is 18.1. The number of carbonyl (C=O) groups is 1. The van der Waals surface area contributed by atoms with Gasteiger partial charge < -0.3 is 24.0 Å². The number of aromatic nitrogens is 1. The second-order valence-electron chi connectivity index (χ2n) is 12.5. The molecular weight excluding hydrogens is 524 g/mol. The van der Waals surface area contributed by atoms with Crippen molar-refractivity contribution in [2.45, 2.75) is 77.0 Å². The molecule has 1 aliphatic rings. The summed E-state index contributed by atoms with van der Waals surface area (Å²) in [5.74, 6) is -0.696. The van der Waals surface area contributed by atoms with Gasteiger partial charge in [-0.15, -0.1) is 0 Å². The van der Waals surface area contributed by atoms with Crippen molar-refractivity contribution in [1.29, 1.82) is 0 Å². The van der Waals surface area contributed by atoms with E-state index in [0.29, 0.717) is 13.0 Å². The molecule has 1 N–H and O–H groups in total. The first-order valence-electron chi connectivity index (χ1n) is 14.7. The van der Waals surface area contributed by atoms with Gasteiger partial charge in [0.2, 0.25) is 5.91 Å². The molecule has 6 heteroatoms. The average Bonchev–Trinajstić information content (AvgIpc) is 3.56. The molecule has 3 aromatic carbocycles. The van der Waals surface area contributed by atoms with Crippen molar-refractivity contribution < 1.29 is 19.4 Å². The molecule has 1 aromatic heterocycles. The minimum absolute atomic E-state index is 0.0767. The highest BCUT2D eigenvalue weighted by atomic mass is 16.6. The maximum atomic E-state index is 14.5. The summed E-state index contributed by atoms with van der Waals surface area (Å²) in [6, 6.07) is 30.7. The van der Waals surface area contributed by atoms with Crippen LogP contribution in [0.5, 0.6) is 0 Å². The van der Waals surface area contributed by atoms with Crippen LogP contribution < -0.4 is 0 Å². The van der Waals surface area contributed by atoms with E-state index < -0.39 is 23.5 Å². The number of hydrogen-bond donors (Lipinski definition) is 1. The molecular formula is C36H42N2O4. The van der Waals surface area contributed by atoms with Crippen LogP contribution in [-0.4, -0.2) is 50.7 Å². The lowest BCUT2D eigenvalue weighted by Crippen LogP contribution is -2.51. The van der Waals surface area contributed by atoms with Gasteiger partial charge >= 0.3 is 0 Å². The Bertz CT molecular complexity index is 1460. The second kappa shape index (κ2) is 12.3. The highest BCUT2D eigenvalue weighted by molar-refractivity contribution is 5.85. The highest BCUT2D eigenvalue weighted by Gasteiger charge is 2.46. The van der Waals surface area contributed by atoms with Crippen molar-refractivity contribution in [3.8, 4) is 16.8 Å². The molecule has 0 bridgehead atoms. The van der Waals surface area contributed by atoms with Gasteiger partial charge in [-0.3, -0.25) is 4.79 Å². The fourth-order valence-electron chi connectivity index (χ4n) is 5.81. The molecule has 1 saturated heterocycles. The maximum Gasteiger partial charge on any atom is 0.232 e. The molecule has 2 heterocycles. The van der Waals surface area contributed by atoms with Gasteiger partial charge in [-0.05, 0) is 81.5 Å². The van der Waals surface area contributed by atoms with Crippen molar-refractivity contribution in [3.05, 3.63) is 115 Å². The summed E-state index contributed by atoms with van der Waals surface area (Å²) < 4.78 is 14.1. The van der Waals surface area contributed by atoms with Gasteiger partial charge in [0.1, 0.15) is 5.72 Å². The molecule has 5 rings (SSSR count). The zero-order valence-electron chi connectivity index (χ0n) is 25.2. The molecule has 0 spiro atoms. The van der Waals surface area contributed by atoms with E-state index in [-0.39, 0.29) is 18.4 Å². The van der Waals surface area contributed by atoms with E-state index in [1.165, 1.54) is 0 Å². The van der Waals surface area contributed by atoms with Gasteiger partial charge in [-0.1, -0.05) is 72.8 Å². The Labute approximate surface area is 249 Å². The van der Waals surface area contributed by atoms with Gasteiger partial charge in [0.05, 0.1) is 24.2 Å². The van der Waals surface area contributed by atoms with Crippen LogP contribution in [-0.2, 0) is 20.7 Å². The van der Waals surface area contributed by atoms with Crippen LogP contribution in [0.25, 0.3) is 16.8 Å². The molecule has 1 aliphatic heterocycles. The molecule has 42 heavy (non-hydrogen) atoms. The highest BCUT2D eigenvalue weighted by Crippen LogP contribution is 2.36. The Morgan fingerprint density at radius 3 is 2.21 bits per heavy atom. The number of aliphatic hydroxyl groups excluding tert-OH is 1. The van der Waals surface area contributed by atoms with E-state index in [9.17, 15) is 9.90 Å². The minimum Gasteiger partial charge on any atom is -0.368 e. The van der Waals surface area contributed by atoms with E-state index >= 15 is 0 Å². The van der Waals surface area contributed by atoms with E-state index in [4.69, 9.17) is 9.47 Å². The third kappa shape index (κ3) is 7.01. The first-order valence-corrected chi connectivity index (χ1v) is 14.7. The number of amides is 1. The average molecular weight is 567 g/mol. The van der Waals surface area contributed by atoms with Gasteiger partial charge in [0.25, 0.3) is 0 Å². The number of rotatable bonds is 9. The third-order valence-electron chi connectivity index (χ3n) is 7.74. The second-order valence-corrected chi connectivity index (χ2v) is 12.5. The Morgan fingerprint density at radius 2 is 1.57 bits per heavy atom. The number of nitrogens with zero attached hydrogens (tertiary/aromatic N) is 2. The van der Waals surface area contributed by atoms with Crippen molar-refractivity contribution >= 4 is 5.91 Å². The first-order chi connectivity index (χ1) is 20.0. The van der Waals surface area contributed by atoms with Crippen molar-refractivity contribution in [2.75, 3.05) is 6.61 Å². The number of aliphatic hydroxyl groups is 1. The van der Waals surface area contributed by atoms with Crippen LogP contribution in [0.2, 0.25) is 0 Å². The quantitative estimate of drug-likeness (QED) is 0.223. The monoisotopic (exact) mass is 566 g/mol. The number of hydrogen-bond acceptors (Lipinski definition) is 4. The van der Waals surface area contributed by atoms with Crippen LogP contribution in [0.15, 0.2) is 103 Å². The first kappa shape index (κ1) is 29.8. The van der Waals surface area contributed by atoms with E-state index in [1.54, 1.807) is 0 Å². The van der Waals surface area contributed by atoms with Gasteiger partial charge in [0.15, 0.2) is 6.29 Å². The fourth-order valence-corrected chi connectivity index (χ4v) is 5.81. The number of carbonyl (C=O) groups excluding carboxylic acids is 1. The minimum atomic E-state index is -1.10. The Balaban J connectivity index is 1.44. The van der Waals surface area contributed by atoms with Gasteiger partial charge in [-0.25, -0.2) is 0 Å². The zero-order chi connectivity index (χ0) is 29.9. The molecule has 0 saturated carbocycles. The lowest BCUT2D eigenvalue weighted by atomic mass is 9.93. The Hall–Kier alpha value is -3.71. The molecule has 220 valence electrons. The molecule has 3 atom stereocenters. The predicted octanol–water partition coefficient (Wildman–Crippen LogP) is 6.96. The largest absolute Gasteiger partial charge is 0.368 e. The topological polar surface area (TPSA) is 63.9 Å². The fraction of sp³-hybridized carbons (Fsp3) is 0.361.